The van der Waals surface area contributed by atoms with E-state index in [9.17, 15) is 4.79 Å². The summed E-state index contributed by atoms with van der Waals surface area (Å²) in [6.45, 7) is 6.60. The zero-order valence-corrected chi connectivity index (χ0v) is 14.3. The molecule has 2 aliphatic heterocycles. The van der Waals surface area contributed by atoms with Crippen molar-refractivity contribution in [1.82, 2.24) is 19.2 Å². The molecule has 2 saturated heterocycles. The molecule has 1 atom stereocenters. The van der Waals surface area contributed by atoms with Crippen molar-refractivity contribution in [1.29, 1.82) is 0 Å². The Hall–Kier alpha value is -1.96. The van der Waals surface area contributed by atoms with Gasteiger partial charge in [-0.15, -0.1) is 0 Å². The lowest BCUT2D eigenvalue weighted by molar-refractivity contribution is 0.00423. The van der Waals surface area contributed by atoms with E-state index in [2.05, 4.69) is 9.88 Å². The lowest BCUT2D eigenvalue weighted by Gasteiger charge is -2.26. The molecule has 0 aliphatic carbocycles. The summed E-state index contributed by atoms with van der Waals surface area (Å²) in [4.78, 5) is 21.1. The van der Waals surface area contributed by atoms with E-state index in [1.54, 1.807) is 6.33 Å². The third-order valence-corrected chi connectivity index (χ3v) is 4.93. The lowest BCUT2D eigenvalue weighted by Crippen LogP contribution is -2.39. The van der Waals surface area contributed by atoms with E-state index < -0.39 is 0 Å². The third kappa shape index (κ3) is 3.84. The van der Waals surface area contributed by atoms with Gasteiger partial charge in [-0.05, 0) is 24.6 Å². The maximum atomic E-state index is 12.7. The van der Waals surface area contributed by atoms with Crippen molar-refractivity contribution < 1.29 is 14.3 Å². The number of ether oxygens (including phenoxy) is 2. The average molecular weight is 344 g/mol. The summed E-state index contributed by atoms with van der Waals surface area (Å²) in [5.41, 5.74) is 1.48. The van der Waals surface area contributed by atoms with Gasteiger partial charge in [0.1, 0.15) is 5.69 Å². The number of amides is 1. The van der Waals surface area contributed by atoms with Crippen molar-refractivity contribution in [3.63, 3.8) is 0 Å². The minimum atomic E-state index is -0.0111. The van der Waals surface area contributed by atoms with Gasteiger partial charge in [-0.25, -0.2) is 4.98 Å². The van der Waals surface area contributed by atoms with Crippen molar-refractivity contribution in [2.24, 2.45) is 0 Å². The molecule has 7 nitrogen and oxygen atoms in total. The number of hydrogen-bond acceptors (Lipinski definition) is 5. The lowest BCUT2D eigenvalue weighted by atomic mass is 10.3. The number of hydrogen-bond donors (Lipinski definition) is 0. The first kappa shape index (κ1) is 16.5. The molecule has 4 rings (SSSR count). The van der Waals surface area contributed by atoms with Crippen molar-refractivity contribution in [2.45, 2.75) is 12.5 Å². The summed E-state index contributed by atoms with van der Waals surface area (Å²) in [6, 6.07) is 5.76. The van der Waals surface area contributed by atoms with Gasteiger partial charge in [0.25, 0.3) is 5.91 Å². The monoisotopic (exact) mass is 344 g/mol. The largest absolute Gasteiger partial charge is 0.379 e. The molecule has 2 aromatic rings. The minimum Gasteiger partial charge on any atom is -0.379 e. The van der Waals surface area contributed by atoms with Crippen molar-refractivity contribution in [3.8, 4) is 0 Å². The average Bonchev–Trinajstić information content (AvgIpc) is 3.30. The Labute approximate surface area is 147 Å². The molecule has 2 fully saturated rings. The van der Waals surface area contributed by atoms with E-state index >= 15 is 0 Å². The number of fused-ring (bicyclic) bond motifs is 1. The van der Waals surface area contributed by atoms with Crippen LogP contribution < -0.4 is 0 Å². The second-order valence-electron chi connectivity index (χ2n) is 6.60. The molecular formula is C18H24N4O3. The highest BCUT2D eigenvalue weighted by Crippen LogP contribution is 2.16. The van der Waals surface area contributed by atoms with Gasteiger partial charge in [-0.1, -0.05) is 0 Å². The van der Waals surface area contributed by atoms with Gasteiger partial charge in [0.15, 0.2) is 0 Å². The van der Waals surface area contributed by atoms with Gasteiger partial charge >= 0.3 is 0 Å². The van der Waals surface area contributed by atoms with Crippen molar-refractivity contribution >= 4 is 11.4 Å². The number of likely N-dealkylation sites (tertiary alicyclic amines) is 1. The Balaban J connectivity index is 1.27. The first-order valence-corrected chi connectivity index (χ1v) is 8.93. The maximum absolute atomic E-state index is 12.7. The molecule has 0 spiro atoms. The van der Waals surface area contributed by atoms with Crippen LogP contribution in [0.1, 0.15) is 16.9 Å². The summed E-state index contributed by atoms with van der Waals surface area (Å²) >= 11 is 0. The van der Waals surface area contributed by atoms with E-state index in [0.29, 0.717) is 18.8 Å². The maximum Gasteiger partial charge on any atom is 0.272 e. The van der Waals surface area contributed by atoms with Gasteiger partial charge in [0.05, 0.1) is 32.3 Å². The van der Waals surface area contributed by atoms with Crippen LogP contribution in [-0.4, -0.2) is 83.7 Å². The predicted octanol–water partition coefficient (Wildman–Crippen LogP) is 0.898. The minimum absolute atomic E-state index is 0.0111. The predicted molar refractivity (Wildman–Crippen MR) is 92.7 cm³/mol. The van der Waals surface area contributed by atoms with Gasteiger partial charge in [-0.3, -0.25) is 9.69 Å². The summed E-state index contributed by atoms with van der Waals surface area (Å²) < 4.78 is 13.2. The Morgan fingerprint density at radius 1 is 1.32 bits per heavy atom. The van der Waals surface area contributed by atoms with Crippen LogP contribution in [-0.2, 0) is 9.47 Å². The standard InChI is InChI=1S/C18H24N4O3/c23-18(17-12-15-2-1-4-22(15)14-19-17)21-5-3-16(13-21)25-11-8-20-6-9-24-10-7-20/h1-2,4,12,14,16H,3,5-11,13H2. The van der Waals surface area contributed by atoms with Crippen LogP contribution in [0.2, 0.25) is 0 Å². The molecule has 1 unspecified atom stereocenters. The Kier molecular flexibility index (Phi) is 4.96. The topological polar surface area (TPSA) is 59.3 Å². The van der Waals surface area contributed by atoms with Crippen LogP contribution in [0.4, 0.5) is 0 Å². The molecular weight excluding hydrogens is 320 g/mol. The van der Waals surface area contributed by atoms with Crippen LogP contribution in [0.3, 0.4) is 0 Å². The van der Waals surface area contributed by atoms with Crippen LogP contribution in [0.15, 0.2) is 30.7 Å². The van der Waals surface area contributed by atoms with E-state index in [1.165, 1.54) is 0 Å². The highest BCUT2D eigenvalue weighted by molar-refractivity contribution is 5.93. The third-order valence-electron chi connectivity index (χ3n) is 4.93. The SMILES string of the molecule is O=C(c1cc2cccn2cn1)N1CCC(OCCN2CCOCC2)C1. The molecule has 0 saturated carbocycles. The second kappa shape index (κ2) is 7.51. The molecule has 2 aliphatic rings. The Morgan fingerprint density at radius 2 is 2.20 bits per heavy atom. The molecule has 7 heteroatoms. The van der Waals surface area contributed by atoms with Crippen LogP contribution in [0.25, 0.3) is 5.52 Å². The number of carbonyl (C=O) groups is 1. The summed E-state index contributed by atoms with van der Waals surface area (Å²) in [5.74, 6) is -0.0111. The summed E-state index contributed by atoms with van der Waals surface area (Å²) in [6.07, 6.45) is 4.63. The van der Waals surface area contributed by atoms with Crippen LogP contribution in [0.5, 0.6) is 0 Å². The molecule has 2 aromatic heterocycles. The zero-order chi connectivity index (χ0) is 17.1. The molecule has 1 amide bonds. The Morgan fingerprint density at radius 3 is 3.08 bits per heavy atom. The zero-order valence-electron chi connectivity index (χ0n) is 14.3. The molecule has 134 valence electrons. The second-order valence-corrected chi connectivity index (χ2v) is 6.60. The van der Waals surface area contributed by atoms with Gasteiger partial charge < -0.3 is 18.8 Å². The first-order chi connectivity index (χ1) is 12.3. The number of carbonyl (C=O) groups excluding carboxylic acids is 1. The molecule has 25 heavy (non-hydrogen) atoms. The highest BCUT2D eigenvalue weighted by atomic mass is 16.5. The fourth-order valence-electron chi connectivity index (χ4n) is 3.44. The quantitative estimate of drug-likeness (QED) is 0.806. The molecule has 0 radical (unpaired) electrons. The fourth-order valence-corrected chi connectivity index (χ4v) is 3.44. The number of aromatic nitrogens is 2. The molecule has 4 heterocycles. The van der Waals surface area contributed by atoms with E-state index in [1.807, 2.05) is 33.7 Å². The van der Waals surface area contributed by atoms with Gasteiger partial charge in [0.2, 0.25) is 0 Å². The van der Waals surface area contributed by atoms with Crippen LogP contribution in [0, 0.1) is 0 Å². The number of morpholine rings is 1. The molecule has 0 bridgehead atoms. The molecule has 0 N–H and O–H groups in total. The van der Waals surface area contributed by atoms with Gasteiger partial charge in [0, 0.05) is 44.4 Å². The van der Waals surface area contributed by atoms with Crippen molar-refractivity contribution in [2.75, 3.05) is 52.5 Å². The van der Waals surface area contributed by atoms with Crippen LogP contribution >= 0.6 is 0 Å². The fraction of sp³-hybridized carbons (Fsp3) is 0.556. The smallest absolute Gasteiger partial charge is 0.272 e. The summed E-state index contributed by atoms with van der Waals surface area (Å²) in [5, 5.41) is 0. The normalized spacial score (nSPS) is 21.9. The summed E-state index contributed by atoms with van der Waals surface area (Å²) in [7, 11) is 0. The first-order valence-electron chi connectivity index (χ1n) is 8.93. The molecule has 0 aromatic carbocycles. The van der Waals surface area contributed by atoms with Gasteiger partial charge in [-0.2, -0.15) is 0 Å². The van der Waals surface area contributed by atoms with E-state index in [0.717, 1.165) is 51.3 Å². The van der Waals surface area contributed by atoms with Crippen molar-refractivity contribution in [3.05, 3.63) is 36.4 Å². The highest BCUT2D eigenvalue weighted by Gasteiger charge is 2.28. The Bertz CT molecular complexity index is 726. The van der Waals surface area contributed by atoms with E-state index in [-0.39, 0.29) is 12.0 Å². The number of rotatable bonds is 5. The van der Waals surface area contributed by atoms with E-state index in [4.69, 9.17) is 9.47 Å². The number of nitrogens with zero attached hydrogens (tertiary/aromatic N) is 4.